The van der Waals surface area contributed by atoms with E-state index in [-0.39, 0.29) is 5.41 Å². The number of hydrogen-bond acceptors (Lipinski definition) is 2. The topological polar surface area (TPSA) is 50.8 Å². The van der Waals surface area contributed by atoms with Gasteiger partial charge in [0.05, 0.1) is 13.7 Å². The normalized spacial score (nSPS) is 12.3. The van der Waals surface area contributed by atoms with Crippen molar-refractivity contribution >= 4 is 5.96 Å². The number of nitrogens with zero attached hydrogens (tertiary/aromatic N) is 2. The highest BCUT2D eigenvalue weighted by molar-refractivity contribution is 5.78. The molecular weight excluding hydrogens is 250 g/mol. The second-order valence-electron chi connectivity index (χ2n) is 5.46. The van der Waals surface area contributed by atoms with Crippen LogP contribution >= 0.6 is 0 Å². The minimum Gasteiger partial charge on any atom is -0.497 e. The Morgan fingerprint density at radius 2 is 1.95 bits per heavy atom. The van der Waals surface area contributed by atoms with E-state index in [1.54, 1.807) is 7.11 Å². The molecule has 1 rings (SSSR count). The van der Waals surface area contributed by atoms with Crippen LogP contribution in [0.5, 0.6) is 5.75 Å². The molecule has 2 N–H and O–H groups in total. The van der Waals surface area contributed by atoms with Gasteiger partial charge < -0.3 is 15.4 Å². The maximum Gasteiger partial charge on any atom is 0.191 e. The molecule has 0 aliphatic heterocycles. The number of benzene rings is 1. The van der Waals surface area contributed by atoms with Crippen LogP contribution < -0.4 is 10.5 Å². The number of guanidine groups is 1. The van der Waals surface area contributed by atoms with Crippen molar-refractivity contribution in [3.63, 3.8) is 0 Å². The molecular formula is C16H27N3O. The Labute approximate surface area is 122 Å². The first-order valence-electron chi connectivity index (χ1n) is 7.14. The van der Waals surface area contributed by atoms with Crippen LogP contribution in [0.2, 0.25) is 0 Å². The first-order chi connectivity index (χ1) is 9.44. The molecule has 0 amide bonds. The average Bonchev–Trinajstić information content (AvgIpc) is 2.46. The van der Waals surface area contributed by atoms with Crippen LogP contribution in [0, 0.1) is 0 Å². The molecule has 0 aliphatic carbocycles. The monoisotopic (exact) mass is 277 g/mol. The lowest BCUT2D eigenvalue weighted by Crippen LogP contribution is -2.38. The maximum atomic E-state index is 6.03. The number of rotatable bonds is 6. The van der Waals surface area contributed by atoms with Gasteiger partial charge in [0.2, 0.25) is 0 Å². The van der Waals surface area contributed by atoms with E-state index in [0.717, 1.165) is 18.8 Å². The fourth-order valence-electron chi connectivity index (χ4n) is 2.06. The van der Waals surface area contributed by atoms with Crippen molar-refractivity contribution in [2.24, 2.45) is 10.7 Å². The highest BCUT2D eigenvalue weighted by atomic mass is 16.5. The highest BCUT2D eigenvalue weighted by Gasteiger charge is 2.21. The summed E-state index contributed by atoms with van der Waals surface area (Å²) in [6, 6.07) is 8.12. The minimum atomic E-state index is -0.0771. The van der Waals surface area contributed by atoms with Crippen LogP contribution in [0.1, 0.15) is 33.3 Å². The van der Waals surface area contributed by atoms with Gasteiger partial charge in [0.15, 0.2) is 5.96 Å². The van der Waals surface area contributed by atoms with Crippen LogP contribution in [0.3, 0.4) is 0 Å². The quantitative estimate of drug-likeness (QED) is 0.642. The van der Waals surface area contributed by atoms with Crippen molar-refractivity contribution in [3.05, 3.63) is 29.8 Å². The van der Waals surface area contributed by atoms with Crippen LogP contribution in [0.15, 0.2) is 29.3 Å². The van der Waals surface area contributed by atoms with Crippen molar-refractivity contribution < 1.29 is 4.74 Å². The summed E-state index contributed by atoms with van der Waals surface area (Å²) in [5.74, 6) is 1.49. The van der Waals surface area contributed by atoms with E-state index in [2.05, 4.69) is 49.7 Å². The predicted molar refractivity (Wildman–Crippen MR) is 85.4 cm³/mol. The largest absolute Gasteiger partial charge is 0.497 e. The molecule has 1 aromatic carbocycles. The molecule has 0 spiro atoms. The van der Waals surface area contributed by atoms with Crippen molar-refractivity contribution in [2.75, 3.05) is 26.7 Å². The van der Waals surface area contributed by atoms with Crippen molar-refractivity contribution in [1.29, 1.82) is 0 Å². The molecule has 0 fully saturated rings. The Balaban J connectivity index is 2.85. The zero-order valence-electron chi connectivity index (χ0n) is 13.3. The van der Waals surface area contributed by atoms with Gasteiger partial charge in [-0.1, -0.05) is 26.0 Å². The lowest BCUT2D eigenvalue weighted by Gasteiger charge is -2.25. The zero-order valence-corrected chi connectivity index (χ0v) is 13.3. The number of methoxy groups -OCH3 is 1. The Morgan fingerprint density at radius 3 is 2.50 bits per heavy atom. The van der Waals surface area contributed by atoms with Gasteiger partial charge in [0.25, 0.3) is 0 Å². The van der Waals surface area contributed by atoms with Gasteiger partial charge in [-0.05, 0) is 31.5 Å². The van der Waals surface area contributed by atoms with Gasteiger partial charge in [-0.15, -0.1) is 0 Å². The maximum absolute atomic E-state index is 6.03. The summed E-state index contributed by atoms with van der Waals surface area (Å²) in [4.78, 5) is 6.61. The Hall–Kier alpha value is -1.71. The van der Waals surface area contributed by atoms with Gasteiger partial charge in [-0.25, -0.2) is 0 Å². The fourth-order valence-corrected chi connectivity index (χ4v) is 2.06. The first-order valence-corrected chi connectivity index (χ1v) is 7.14. The van der Waals surface area contributed by atoms with E-state index >= 15 is 0 Å². The summed E-state index contributed by atoms with van der Waals surface area (Å²) in [5, 5.41) is 0. The molecule has 0 aliphatic rings. The lowest BCUT2D eigenvalue weighted by molar-refractivity contribution is 0.412. The Bertz CT molecular complexity index is 451. The highest BCUT2D eigenvalue weighted by Crippen LogP contribution is 2.26. The molecule has 112 valence electrons. The van der Waals surface area contributed by atoms with E-state index in [4.69, 9.17) is 10.5 Å². The third kappa shape index (κ3) is 4.15. The minimum absolute atomic E-state index is 0.0771. The third-order valence-electron chi connectivity index (χ3n) is 3.57. The van der Waals surface area contributed by atoms with Gasteiger partial charge >= 0.3 is 0 Å². The first kappa shape index (κ1) is 16.3. The number of hydrogen-bond donors (Lipinski definition) is 1. The number of aliphatic imine (C=N–C) groups is 1. The molecule has 0 saturated heterocycles. The SMILES string of the molecule is CCN(CC)C(N)=NCC(C)(C)c1cccc(OC)c1. The van der Waals surface area contributed by atoms with Crippen molar-refractivity contribution in [3.8, 4) is 5.75 Å². The van der Waals surface area contributed by atoms with E-state index in [0.29, 0.717) is 12.5 Å². The van der Waals surface area contributed by atoms with Crippen molar-refractivity contribution in [2.45, 2.75) is 33.1 Å². The standard InChI is InChI=1S/C16H27N3O/c1-6-19(7-2)15(17)18-12-16(3,4)13-9-8-10-14(11-13)20-5/h8-11H,6-7,12H2,1-5H3,(H2,17,18). The fraction of sp³-hybridized carbons (Fsp3) is 0.562. The van der Waals surface area contributed by atoms with Gasteiger partial charge in [-0.2, -0.15) is 0 Å². The predicted octanol–water partition coefficient (Wildman–Crippen LogP) is 2.63. The molecule has 0 bridgehead atoms. The summed E-state index contributed by atoms with van der Waals surface area (Å²) in [6.45, 7) is 10.9. The second-order valence-corrected chi connectivity index (χ2v) is 5.46. The zero-order chi connectivity index (χ0) is 15.2. The molecule has 0 heterocycles. The van der Waals surface area contributed by atoms with Crippen LogP contribution in [0.4, 0.5) is 0 Å². The van der Waals surface area contributed by atoms with Gasteiger partial charge in [0.1, 0.15) is 5.75 Å². The average molecular weight is 277 g/mol. The van der Waals surface area contributed by atoms with Gasteiger partial charge in [0, 0.05) is 18.5 Å². The molecule has 0 saturated carbocycles. The number of ether oxygens (including phenoxy) is 1. The van der Waals surface area contributed by atoms with E-state index < -0.39 is 0 Å². The summed E-state index contributed by atoms with van der Waals surface area (Å²) in [6.07, 6.45) is 0. The Kier molecular flexibility index (Phi) is 5.86. The Morgan fingerprint density at radius 1 is 1.30 bits per heavy atom. The molecule has 4 nitrogen and oxygen atoms in total. The van der Waals surface area contributed by atoms with Crippen molar-refractivity contribution in [1.82, 2.24) is 4.90 Å². The molecule has 1 aromatic rings. The smallest absolute Gasteiger partial charge is 0.191 e. The van der Waals surface area contributed by atoms with E-state index in [1.165, 1.54) is 5.56 Å². The van der Waals surface area contributed by atoms with E-state index in [1.807, 2.05) is 12.1 Å². The summed E-state index contributed by atoms with van der Waals surface area (Å²) < 4.78 is 5.28. The van der Waals surface area contributed by atoms with Crippen LogP contribution in [-0.2, 0) is 5.41 Å². The third-order valence-corrected chi connectivity index (χ3v) is 3.57. The molecule has 0 radical (unpaired) electrons. The molecule has 4 heteroatoms. The lowest BCUT2D eigenvalue weighted by atomic mass is 9.85. The molecule has 0 unspecified atom stereocenters. The number of nitrogens with two attached hydrogens (primary N) is 1. The second kappa shape index (κ2) is 7.17. The molecule has 20 heavy (non-hydrogen) atoms. The van der Waals surface area contributed by atoms with E-state index in [9.17, 15) is 0 Å². The molecule has 0 atom stereocenters. The molecule has 0 aromatic heterocycles. The van der Waals surface area contributed by atoms with Gasteiger partial charge in [-0.3, -0.25) is 4.99 Å². The summed E-state index contributed by atoms with van der Waals surface area (Å²) >= 11 is 0. The summed E-state index contributed by atoms with van der Waals surface area (Å²) in [7, 11) is 1.68. The van der Waals surface area contributed by atoms with Crippen LogP contribution in [0.25, 0.3) is 0 Å². The summed E-state index contributed by atoms with van der Waals surface area (Å²) in [5.41, 5.74) is 7.16. The van der Waals surface area contributed by atoms with Crippen LogP contribution in [-0.4, -0.2) is 37.6 Å².